The van der Waals surface area contributed by atoms with Crippen molar-refractivity contribution in [1.82, 2.24) is 5.01 Å². The summed E-state index contributed by atoms with van der Waals surface area (Å²) < 4.78 is 5.28. The van der Waals surface area contributed by atoms with E-state index in [0.29, 0.717) is 6.42 Å². The molecule has 0 saturated carbocycles. The van der Waals surface area contributed by atoms with Gasteiger partial charge in [-0.3, -0.25) is 4.79 Å². The minimum atomic E-state index is -0.0807. The van der Waals surface area contributed by atoms with Crippen LogP contribution in [0.1, 0.15) is 30.5 Å². The molecule has 112 valence electrons. The summed E-state index contributed by atoms with van der Waals surface area (Å²) in [5.74, 6) is 0.730. The molecule has 0 aliphatic carbocycles. The molecule has 1 amide bonds. The summed E-state index contributed by atoms with van der Waals surface area (Å²) in [6.45, 7) is 1.55. The van der Waals surface area contributed by atoms with Crippen molar-refractivity contribution in [2.24, 2.45) is 5.10 Å². The van der Waals surface area contributed by atoms with E-state index in [1.165, 1.54) is 0 Å². The summed E-state index contributed by atoms with van der Waals surface area (Å²) in [6, 6.07) is 17.7. The van der Waals surface area contributed by atoms with Gasteiger partial charge in [0, 0.05) is 13.3 Å². The van der Waals surface area contributed by atoms with E-state index in [9.17, 15) is 4.79 Å². The van der Waals surface area contributed by atoms with Crippen LogP contribution in [0.2, 0.25) is 0 Å². The van der Waals surface area contributed by atoms with Crippen LogP contribution >= 0.6 is 0 Å². The van der Waals surface area contributed by atoms with Gasteiger partial charge in [-0.15, -0.1) is 0 Å². The first-order chi connectivity index (χ1) is 10.7. The molecular formula is C18H18N2O2. The molecule has 4 nitrogen and oxygen atoms in total. The van der Waals surface area contributed by atoms with Gasteiger partial charge in [0.1, 0.15) is 5.75 Å². The summed E-state index contributed by atoms with van der Waals surface area (Å²) in [5.41, 5.74) is 3.02. The van der Waals surface area contributed by atoms with Crippen LogP contribution in [-0.2, 0) is 4.79 Å². The van der Waals surface area contributed by atoms with Crippen molar-refractivity contribution in [3.8, 4) is 5.75 Å². The lowest BCUT2D eigenvalue weighted by atomic mass is 9.98. The molecule has 0 bridgehead atoms. The standard InChI is InChI=1S/C18H18N2O2/c1-13(21)20-18(15-9-6-10-16(11-15)22-2)12-17(19-20)14-7-4-3-5-8-14/h3-11,18H,12H2,1-2H3/t18-/m1/s1. The number of ether oxygens (including phenoxy) is 1. The fourth-order valence-electron chi connectivity index (χ4n) is 2.71. The van der Waals surface area contributed by atoms with Crippen LogP contribution in [0.15, 0.2) is 59.7 Å². The smallest absolute Gasteiger partial charge is 0.240 e. The van der Waals surface area contributed by atoms with E-state index in [4.69, 9.17) is 4.74 Å². The quantitative estimate of drug-likeness (QED) is 0.870. The highest BCUT2D eigenvalue weighted by atomic mass is 16.5. The third-order valence-corrected chi connectivity index (χ3v) is 3.82. The summed E-state index contributed by atoms with van der Waals surface area (Å²) in [5, 5.41) is 6.10. The fraction of sp³-hybridized carbons (Fsp3) is 0.222. The van der Waals surface area contributed by atoms with Gasteiger partial charge in [0.05, 0.1) is 18.9 Å². The highest BCUT2D eigenvalue weighted by Gasteiger charge is 2.31. The van der Waals surface area contributed by atoms with Gasteiger partial charge in [0.2, 0.25) is 5.91 Å². The Morgan fingerprint density at radius 1 is 1.18 bits per heavy atom. The molecule has 0 fully saturated rings. The number of benzene rings is 2. The largest absolute Gasteiger partial charge is 0.497 e. The molecule has 0 N–H and O–H groups in total. The second kappa shape index (κ2) is 6.02. The molecule has 1 heterocycles. The Balaban J connectivity index is 1.94. The van der Waals surface area contributed by atoms with Gasteiger partial charge in [0.15, 0.2) is 0 Å². The zero-order valence-corrected chi connectivity index (χ0v) is 12.7. The highest BCUT2D eigenvalue weighted by molar-refractivity contribution is 6.03. The second-order valence-electron chi connectivity index (χ2n) is 5.27. The van der Waals surface area contributed by atoms with E-state index < -0.39 is 0 Å². The number of carbonyl (C=O) groups is 1. The minimum Gasteiger partial charge on any atom is -0.497 e. The van der Waals surface area contributed by atoms with E-state index in [1.807, 2.05) is 54.6 Å². The maximum absolute atomic E-state index is 11.9. The molecule has 1 atom stereocenters. The Morgan fingerprint density at radius 2 is 1.95 bits per heavy atom. The van der Waals surface area contributed by atoms with Crippen molar-refractivity contribution in [3.63, 3.8) is 0 Å². The number of amides is 1. The van der Waals surface area contributed by atoms with Crippen LogP contribution in [0.25, 0.3) is 0 Å². The van der Waals surface area contributed by atoms with Gasteiger partial charge in [-0.25, -0.2) is 5.01 Å². The molecular weight excluding hydrogens is 276 g/mol. The maximum atomic E-state index is 11.9. The number of hydrazone groups is 1. The molecule has 0 unspecified atom stereocenters. The molecule has 1 aliphatic rings. The van der Waals surface area contributed by atoms with Crippen molar-refractivity contribution in [2.75, 3.05) is 7.11 Å². The lowest BCUT2D eigenvalue weighted by Gasteiger charge is -2.20. The van der Waals surface area contributed by atoms with Crippen molar-refractivity contribution in [1.29, 1.82) is 0 Å². The minimum absolute atomic E-state index is 0.0567. The predicted molar refractivity (Wildman–Crippen MR) is 85.9 cm³/mol. The van der Waals surface area contributed by atoms with Crippen LogP contribution in [0.3, 0.4) is 0 Å². The molecule has 0 aromatic heterocycles. The summed E-state index contributed by atoms with van der Waals surface area (Å²) in [4.78, 5) is 11.9. The van der Waals surface area contributed by atoms with Gasteiger partial charge >= 0.3 is 0 Å². The van der Waals surface area contributed by atoms with Crippen LogP contribution < -0.4 is 4.74 Å². The lowest BCUT2D eigenvalue weighted by Crippen LogP contribution is -2.24. The first-order valence-electron chi connectivity index (χ1n) is 7.25. The second-order valence-corrected chi connectivity index (χ2v) is 5.27. The summed E-state index contributed by atoms with van der Waals surface area (Å²) >= 11 is 0. The first kappa shape index (κ1) is 14.3. The molecule has 0 saturated heterocycles. The number of carbonyl (C=O) groups excluding carboxylic acids is 1. The first-order valence-corrected chi connectivity index (χ1v) is 7.25. The Hall–Kier alpha value is -2.62. The maximum Gasteiger partial charge on any atom is 0.240 e. The molecule has 0 spiro atoms. The van der Waals surface area contributed by atoms with Gasteiger partial charge in [0.25, 0.3) is 0 Å². The number of nitrogens with zero attached hydrogens (tertiary/aromatic N) is 2. The molecule has 3 rings (SSSR count). The average Bonchev–Trinajstić information content (AvgIpc) is 3.01. The molecule has 2 aromatic rings. The number of hydrogen-bond acceptors (Lipinski definition) is 3. The third-order valence-electron chi connectivity index (χ3n) is 3.82. The Bertz CT molecular complexity index is 710. The molecule has 0 radical (unpaired) electrons. The zero-order chi connectivity index (χ0) is 15.5. The van der Waals surface area contributed by atoms with Gasteiger partial charge in [-0.2, -0.15) is 5.10 Å². The van der Waals surface area contributed by atoms with Gasteiger partial charge in [-0.05, 0) is 23.3 Å². The Morgan fingerprint density at radius 3 is 2.64 bits per heavy atom. The summed E-state index contributed by atoms with van der Waals surface area (Å²) in [7, 11) is 1.64. The predicted octanol–water partition coefficient (Wildman–Crippen LogP) is 3.39. The molecule has 2 aromatic carbocycles. The molecule has 4 heteroatoms. The third kappa shape index (κ3) is 2.72. The highest BCUT2D eigenvalue weighted by Crippen LogP contribution is 2.34. The van der Waals surface area contributed by atoms with Gasteiger partial charge < -0.3 is 4.74 Å². The van der Waals surface area contributed by atoms with E-state index in [-0.39, 0.29) is 11.9 Å². The normalized spacial score (nSPS) is 17.3. The van der Waals surface area contributed by atoms with Crippen LogP contribution in [0.4, 0.5) is 0 Å². The van der Waals surface area contributed by atoms with E-state index >= 15 is 0 Å². The Labute approximate surface area is 130 Å². The van der Waals surface area contributed by atoms with Crippen molar-refractivity contribution in [2.45, 2.75) is 19.4 Å². The molecule has 22 heavy (non-hydrogen) atoms. The van der Waals surface area contributed by atoms with E-state index in [0.717, 1.165) is 22.6 Å². The van der Waals surface area contributed by atoms with Crippen LogP contribution in [-0.4, -0.2) is 23.7 Å². The Kier molecular flexibility index (Phi) is 3.92. The SMILES string of the molecule is COc1cccc([C@H]2CC(c3ccccc3)=NN2C(C)=O)c1. The topological polar surface area (TPSA) is 41.9 Å². The lowest BCUT2D eigenvalue weighted by molar-refractivity contribution is -0.130. The van der Waals surface area contributed by atoms with Crippen molar-refractivity contribution in [3.05, 3.63) is 65.7 Å². The van der Waals surface area contributed by atoms with Crippen LogP contribution in [0.5, 0.6) is 5.75 Å². The van der Waals surface area contributed by atoms with E-state index in [1.54, 1.807) is 19.0 Å². The zero-order valence-electron chi connectivity index (χ0n) is 12.7. The fourth-order valence-corrected chi connectivity index (χ4v) is 2.71. The molecule has 1 aliphatic heterocycles. The van der Waals surface area contributed by atoms with Crippen LogP contribution in [0, 0.1) is 0 Å². The van der Waals surface area contributed by atoms with Crippen molar-refractivity contribution >= 4 is 11.6 Å². The van der Waals surface area contributed by atoms with Crippen molar-refractivity contribution < 1.29 is 9.53 Å². The number of methoxy groups -OCH3 is 1. The number of hydrogen-bond donors (Lipinski definition) is 0. The summed E-state index contributed by atoms with van der Waals surface area (Å²) in [6.07, 6.45) is 0.705. The monoisotopic (exact) mass is 294 g/mol. The van der Waals surface area contributed by atoms with E-state index in [2.05, 4.69) is 5.10 Å². The average molecular weight is 294 g/mol. The van der Waals surface area contributed by atoms with Gasteiger partial charge in [-0.1, -0.05) is 42.5 Å². The number of rotatable bonds is 3.